The molecule has 0 spiro atoms. The minimum Gasteiger partial charge on any atom is -0.486 e. The van der Waals surface area contributed by atoms with E-state index in [1.807, 2.05) is 111 Å². The number of benzene rings is 4. The number of ether oxygens (including phenoxy) is 5. The van der Waals surface area contributed by atoms with Crippen LogP contribution in [0.25, 0.3) is 32.7 Å². The van der Waals surface area contributed by atoms with Crippen LogP contribution in [0.5, 0.6) is 11.5 Å². The average molecular weight is 980 g/mol. The van der Waals surface area contributed by atoms with Crippen molar-refractivity contribution in [1.82, 2.24) is 23.5 Å². The Kier molecular flexibility index (Phi) is 16.4. The molecule has 4 aromatic carbocycles. The molecule has 378 valence electrons. The standard InChI is InChI=1S/C31H39N3O5.C14H15NO3.C12H11NO2/c1-22-5-8-26-24(19-22)7-10-29(35)33(26)16-15-32-13-11-25(12-14-32)34(30(36)39-31(2,3)4)21-23-6-9-27-28(20-23)38-18-17-37-27;1-10-2-4-12-11(8-10)3-5-13(16)15(12)9-14-17-6-7-18-14;1-9-2-4-11-10(8-9)3-5-12(15)13(11)6-7-14/h5-10,19-20,25H,11-18,21H2,1-4H3;2-5,8,14H,6-7,9H2,1H3;2-5,7-8H,6H2,1H3. The summed E-state index contributed by atoms with van der Waals surface area (Å²) in [7, 11) is 0. The molecule has 0 unspecified atom stereocenters. The lowest BCUT2D eigenvalue weighted by atomic mass is 10.0. The van der Waals surface area contributed by atoms with E-state index in [2.05, 4.69) is 30.0 Å². The number of amides is 1. The number of aromatic nitrogens is 3. The zero-order valence-corrected chi connectivity index (χ0v) is 42.1. The van der Waals surface area contributed by atoms with E-state index in [1.54, 1.807) is 22.8 Å². The second-order valence-corrected chi connectivity index (χ2v) is 19.6. The van der Waals surface area contributed by atoms with Gasteiger partial charge in [-0.05, 0) is 143 Å². The van der Waals surface area contributed by atoms with Gasteiger partial charge in [0.15, 0.2) is 17.8 Å². The van der Waals surface area contributed by atoms with Gasteiger partial charge in [-0.2, -0.15) is 0 Å². The summed E-state index contributed by atoms with van der Waals surface area (Å²) in [4.78, 5) is 64.2. The first-order valence-electron chi connectivity index (χ1n) is 24.7. The number of hydrogen-bond donors (Lipinski definition) is 0. The number of carbonyl (C=O) groups excluding carboxylic acids is 2. The van der Waals surface area contributed by atoms with Gasteiger partial charge in [-0.15, -0.1) is 0 Å². The second kappa shape index (κ2) is 23.0. The molecule has 1 amide bonds. The molecule has 0 aliphatic carbocycles. The van der Waals surface area contributed by atoms with Crippen molar-refractivity contribution in [1.29, 1.82) is 0 Å². The first-order chi connectivity index (χ1) is 34.6. The second-order valence-electron chi connectivity index (χ2n) is 19.6. The number of aldehydes is 1. The molecule has 7 aromatic rings. The van der Waals surface area contributed by atoms with Crippen LogP contribution in [0.3, 0.4) is 0 Å². The average Bonchev–Trinajstić information content (AvgIpc) is 3.88. The van der Waals surface area contributed by atoms with Crippen molar-refractivity contribution >= 4 is 45.1 Å². The van der Waals surface area contributed by atoms with Crippen LogP contribution < -0.4 is 26.2 Å². The first-order valence-corrected chi connectivity index (χ1v) is 24.7. The summed E-state index contributed by atoms with van der Waals surface area (Å²) in [5.74, 6) is 1.46. The molecule has 0 N–H and O–H groups in total. The number of likely N-dealkylation sites (tertiary alicyclic amines) is 1. The van der Waals surface area contributed by atoms with E-state index in [9.17, 15) is 24.0 Å². The van der Waals surface area contributed by atoms with E-state index in [0.717, 1.165) is 94.1 Å². The number of pyridine rings is 3. The lowest BCUT2D eigenvalue weighted by Crippen LogP contribution is -2.49. The highest BCUT2D eigenvalue weighted by Crippen LogP contribution is 2.32. The maximum Gasteiger partial charge on any atom is 0.410 e. The van der Waals surface area contributed by atoms with Gasteiger partial charge in [0.05, 0.1) is 42.9 Å². The summed E-state index contributed by atoms with van der Waals surface area (Å²) < 4.78 is 33.1. The topological polar surface area (TPSA) is 153 Å². The molecule has 0 atom stereocenters. The fraction of sp³-hybridized carbons (Fsp3) is 0.386. The lowest BCUT2D eigenvalue weighted by molar-refractivity contribution is -0.108. The van der Waals surface area contributed by atoms with Gasteiger partial charge in [-0.3, -0.25) is 14.4 Å². The molecule has 10 rings (SSSR count). The fourth-order valence-corrected chi connectivity index (χ4v) is 9.35. The minimum atomic E-state index is -0.576. The van der Waals surface area contributed by atoms with Crippen molar-refractivity contribution in [2.45, 2.75) is 98.5 Å². The predicted octanol–water partition coefficient (Wildman–Crippen LogP) is 8.17. The van der Waals surface area contributed by atoms with E-state index < -0.39 is 5.60 Å². The summed E-state index contributed by atoms with van der Waals surface area (Å²) in [6, 6.07) is 34.3. The van der Waals surface area contributed by atoms with Crippen molar-refractivity contribution in [3.63, 3.8) is 0 Å². The van der Waals surface area contributed by atoms with E-state index in [-0.39, 0.29) is 41.6 Å². The molecule has 6 heterocycles. The van der Waals surface area contributed by atoms with Gasteiger partial charge < -0.3 is 52.0 Å². The summed E-state index contributed by atoms with van der Waals surface area (Å²) in [5.41, 5.74) is 6.47. The summed E-state index contributed by atoms with van der Waals surface area (Å²) in [5, 5.41) is 3.13. The third-order valence-electron chi connectivity index (χ3n) is 12.9. The Morgan fingerprint density at radius 3 is 1.69 bits per heavy atom. The van der Waals surface area contributed by atoms with E-state index in [0.29, 0.717) is 46.1 Å². The molecule has 72 heavy (non-hydrogen) atoms. The first kappa shape index (κ1) is 51.3. The van der Waals surface area contributed by atoms with Gasteiger partial charge in [0.2, 0.25) is 0 Å². The van der Waals surface area contributed by atoms with Gasteiger partial charge in [-0.1, -0.05) is 41.0 Å². The molecular formula is C57H65N5O10. The Labute approximate surface area is 419 Å². The van der Waals surface area contributed by atoms with Crippen LogP contribution in [0.1, 0.15) is 55.9 Å². The number of hydrogen-bond acceptors (Lipinski definition) is 11. The maximum absolute atomic E-state index is 13.3. The Morgan fingerprint density at radius 2 is 1.14 bits per heavy atom. The third kappa shape index (κ3) is 12.9. The molecule has 3 aliphatic rings. The molecule has 0 bridgehead atoms. The lowest BCUT2D eigenvalue weighted by Gasteiger charge is -2.39. The molecule has 3 aromatic heterocycles. The van der Waals surface area contributed by atoms with Gasteiger partial charge in [0.1, 0.15) is 25.1 Å². The quantitative estimate of drug-likeness (QED) is 0.122. The van der Waals surface area contributed by atoms with Crippen molar-refractivity contribution in [3.8, 4) is 11.5 Å². The van der Waals surface area contributed by atoms with Crippen LogP contribution in [0.2, 0.25) is 0 Å². The normalized spacial score (nSPS) is 15.1. The highest BCUT2D eigenvalue weighted by atomic mass is 16.7. The van der Waals surface area contributed by atoms with Crippen molar-refractivity contribution in [2.75, 3.05) is 46.1 Å². The van der Waals surface area contributed by atoms with E-state index >= 15 is 0 Å². The Balaban J connectivity index is 0.000000172. The van der Waals surface area contributed by atoms with Crippen LogP contribution in [-0.4, -0.2) is 99.9 Å². The Morgan fingerprint density at radius 1 is 0.625 bits per heavy atom. The highest BCUT2D eigenvalue weighted by molar-refractivity contribution is 5.81. The van der Waals surface area contributed by atoms with Gasteiger partial charge in [0.25, 0.3) is 16.7 Å². The Hall–Kier alpha value is -7.07. The predicted molar refractivity (Wildman–Crippen MR) is 279 cm³/mol. The number of nitrogens with zero attached hydrogens (tertiary/aromatic N) is 5. The maximum atomic E-state index is 13.3. The van der Waals surface area contributed by atoms with Crippen LogP contribution in [0.4, 0.5) is 4.79 Å². The molecule has 0 saturated carbocycles. The largest absolute Gasteiger partial charge is 0.486 e. The molecule has 15 heteroatoms. The smallest absolute Gasteiger partial charge is 0.410 e. The van der Waals surface area contributed by atoms with Crippen LogP contribution in [0, 0.1) is 20.8 Å². The van der Waals surface area contributed by atoms with Gasteiger partial charge >= 0.3 is 6.09 Å². The number of carbonyl (C=O) groups is 2. The molecule has 2 fully saturated rings. The summed E-state index contributed by atoms with van der Waals surface area (Å²) in [6.07, 6.45) is 1.81. The monoisotopic (exact) mass is 979 g/mol. The number of rotatable bonds is 10. The zero-order chi connectivity index (χ0) is 50.9. The van der Waals surface area contributed by atoms with Crippen LogP contribution in [0.15, 0.2) is 124 Å². The van der Waals surface area contributed by atoms with Crippen molar-refractivity contribution in [2.24, 2.45) is 0 Å². The van der Waals surface area contributed by atoms with Gasteiger partial charge in [0, 0.05) is 57.0 Å². The number of piperidine rings is 1. The van der Waals surface area contributed by atoms with Crippen molar-refractivity contribution < 1.29 is 33.3 Å². The highest BCUT2D eigenvalue weighted by Gasteiger charge is 2.32. The van der Waals surface area contributed by atoms with E-state index in [4.69, 9.17) is 23.7 Å². The molecule has 0 radical (unpaired) electrons. The molecule has 2 saturated heterocycles. The SMILES string of the molecule is Cc1ccc2c(ccc(=O)n2CC2OCCO2)c1.Cc1ccc2c(ccc(=O)n2CC=O)c1.Cc1ccc2c(ccc(=O)n2CCN2CCC(N(Cc3ccc4c(c3)OCCO4)C(=O)OC(C)(C)C)CC2)c1. The number of fused-ring (bicyclic) bond motifs is 4. The molecular weight excluding hydrogens is 915 g/mol. The Bertz CT molecular complexity index is 3230. The van der Waals surface area contributed by atoms with Gasteiger partial charge in [-0.25, -0.2) is 4.79 Å². The molecule has 3 aliphatic heterocycles. The van der Waals surface area contributed by atoms with Crippen molar-refractivity contribution in [3.05, 3.63) is 163 Å². The van der Waals surface area contributed by atoms with Crippen LogP contribution >= 0.6 is 0 Å². The summed E-state index contributed by atoms with van der Waals surface area (Å²) >= 11 is 0. The number of aryl methyl sites for hydroxylation is 3. The van der Waals surface area contributed by atoms with E-state index in [1.165, 1.54) is 21.8 Å². The fourth-order valence-electron chi connectivity index (χ4n) is 9.35. The minimum absolute atomic E-state index is 0.0227. The third-order valence-corrected chi connectivity index (χ3v) is 12.9. The zero-order valence-electron chi connectivity index (χ0n) is 42.1. The van der Waals surface area contributed by atoms with Crippen LogP contribution in [-0.2, 0) is 45.2 Å². The molecule has 15 nitrogen and oxygen atoms in total. The summed E-state index contributed by atoms with van der Waals surface area (Å²) in [6.45, 7) is 18.2.